The van der Waals surface area contributed by atoms with Crippen LogP contribution >= 0.6 is 0 Å². The SMILES string of the molecule is CCCCC[c-]1cccc1.CCCCC[c-]1cccc1.[Hf]. The van der Waals surface area contributed by atoms with Crippen molar-refractivity contribution in [3.63, 3.8) is 0 Å². The molecule has 0 saturated heterocycles. The van der Waals surface area contributed by atoms with Gasteiger partial charge in [-0.3, -0.25) is 0 Å². The van der Waals surface area contributed by atoms with E-state index in [9.17, 15) is 0 Å². The Morgan fingerprint density at radius 2 is 0.905 bits per heavy atom. The molecule has 0 aliphatic heterocycles. The number of aryl methyl sites for hydroxylation is 2. The van der Waals surface area contributed by atoms with E-state index in [0.717, 1.165) is 0 Å². The quantitative estimate of drug-likeness (QED) is 0.253. The fraction of sp³-hybridized carbons (Fsp3) is 0.500. The molecule has 2 aromatic rings. The minimum absolute atomic E-state index is 0. The predicted octanol–water partition coefficient (Wildman–Crippen LogP) is 6.27. The third kappa shape index (κ3) is 10.9. The monoisotopic (exact) mass is 450 g/mol. The van der Waals surface area contributed by atoms with Gasteiger partial charge in [-0.25, -0.2) is 24.3 Å². The van der Waals surface area contributed by atoms with Gasteiger partial charge in [0.1, 0.15) is 0 Å². The minimum Gasteiger partial charge on any atom is -0.213 e. The molecule has 0 radical (unpaired) electrons. The summed E-state index contributed by atoms with van der Waals surface area (Å²) in [6.07, 6.45) is 10.6. The largest absolute Gasteiger partial charge is 0.213 e. The van der Waals surface area contributed by atoms with Crippen molar-refractivity contribution in [3.05, 3.63) is 59.7 Å². The molecule has 0 atom stereocenters. The van der Waals surface area contributed by atoms with E-state index < -0.39 is 0 Å². The Bertz CT molecular complexity index is 343. The van der Waals surface area contributed by atoms with Gasteiger partial charge in [0.15, 0.2) is 0 Å². The molecule has 2 aromatic carbocycles. The van der Waals surface area contributed by atoms with Gasteiger partial charge in [0, 0.05) is 25.8 Å². The van der Waals surface area contributed by atoms with Crippen LogP contribution in [0.25, 0.3) is 0 Å². The van der Waals surface area contributed by atoms with Crippen LogP contribution in [0.4, 0.5) is 0 Å². The summed E-state index contributed by atoms with van der Waals surface area (Å²) in [5, 5.41) is 0. The molecular formula is C20H30Hf-2. The molecule has 0 nitrogen and oxygen atoms in total. The molecule has 0 spiro atoms. The molecule has 21 heavy (non-hydrogen) atoms. The van der Waals surface area contributed by atoms with Gasteiger partial charge >= 0.3 is 0 Å². The van der Waals surface area contributed by atoms with E-state index >= 15 is 0 Å². The molecule has 0 fully saturated rings. The van der Waals surface area contributed by atoms with Crippen LogP contribution in [0, 0.1) is 0 Å². The number of unbranched alkanes of at least 4 members (excludes halogenated alkanes) is 4. The Labute approximate surface area is 150 Å². The maximum absolute atomic E-state index is 2.24. The summed E-state index contributed by atoms with van der Waals surface area (Å²) in [6, 6.07) is 17.3. The van der Waals surface area contributed by atoms with Gasteiger partial charge in [0.2, 0.25) is 0 Å². The van der Waals surface area contributed by atoms with E-state index in [2.05, 4.69) is 62.4 Å². The van der Waals surface area contributed by atoms with Gasteiger partial charge in [0.25, 0.3) is 0 Å². The molecule has 0 unspecified atom stereocenters. The smallest absolute Gasteiger partial charge is 0 e. The van der Waals surface area contributed by atoms with E-state index in [1.54, 1.807) is 0 Å². The molecule has 2 rings (SSSR count). The van der Waals surface area contributed by atoms with E-state index in [0.29, 0.717) is 0 Å². The van der Waals surface area contributed by atoms with Gasteiger partial charge in [0.05, 0.1) is 0 Å². The molecule has 1 heteroatoms. The first-order chi connectivity index (χ1) is 9.86. The van der Waals surface area contributed by atoms with Crippen LogP contribution in [0.5, 0.6) is 0 Å². The van der Waals surface area contributed by atoms with Crippen LogP contribution in [0.3, 0.4) is 0 Å². The summed E-state index contributed by atoms with van der Waals surface area (Å²) >= 11 is 0. The second-order valence-electron chi connectivity index (χ2n) is 5.50. The van der Waals surface area contributed by atoms with Gasteiger partial charge in [-0.05, 0) is 0 Å². The zero-order valence-electron chi connectivity index (χ0n) is 13.8. The molecule has 0 bridgehead atoms. The zero-order chi connectivity index (χ0) is 14.5. The van der Waals surface area contributed by atoms with Crippen LogP contribution in [-0.4, -0.2) is 0 Å². The van der Waals surface area contributed by atoms with E-state index in [1.807, 2.05) is 0 Å². The second-order valence-corrected chi connectivity index (χ2v) is 5.50. The average molecular weight is 449 g/mol. The van der Waals surface area contributed by atoms with Crippen molar-refractivity contribution >= 4 is 0 Å². The average Bonchev–Trinajstić information content (AvgIpc) is 3.13. The van der Waals surface area contributed by atoms with Crippen LogP contribution in [0.2, 0.25) is 0 Å². The molecule has 0 aromatic heterocycles. The van der Waals surface area contributed by atoms with Crippen LogP contribution in [-0.2, 0) is 38.7 Å². The summed E-state index contributed by atoms with van der Waals surface area (Å²) in [7, 11) is 0. The fourth-order valence-corrected chi connectivity index (χ4v) is 2.32. The Balaban J connectivity index is 0.000000364. The molecule has 0 aliphatic carbocycles. The molecule has 116 valence electrons. The molecule has 0 saturated carbocycles. The van der Waals surface area contributed by atoms with Crippen molar-refractivity contribution in [1.29, 1.82) is 0 Å². The van der Waals surface area contributed by atoms with Crippen molar-refractivity contribution in [2.45, 2.75) is 65.2 Å². The van der Waals surface area contributed by atoms with Crippen molar-refractivity contribution in [2.24, 2.45) is 0 Å². The summed E-state index contributed by atoms with van der Waals surface area (Å²) < 4.78 is 0. The van der Waals surface area contributed by atoms with E-state index in [1.165, 1.54) is 62.5 Å². The Hall–Kier alpha value is -0.430. The zero-order valence-corrected chi connectivity index (χ0v) is 17.4. The maximum Gasteiger partial charge on any atom is 0 e. The number of hydrogen-bond acceptors (Lipinski definition) is 0. The maximum atomic E-state index is 2.24. The summed E-state index contributed by atoms with van der Waals surface area (Å²) in [4.78, 5) is 0. The Morgan fingerprint density at radius 3 is 1.19 bits per heavy atom. The molecule has 0 aliphatic rings. The van der Waals surface area contributed by atoms with Crippen molar-refractivity contribution in [2.75, 3.05) is 0 Å². The van der Waals surface area contributed by atoms with Crippen LogP contribution < -0.4 is 0 Å². The summed E-state index contributed by atoms with van der Waals surface area (Å²) in [5.41, 5.74) is 2.99. The molecule has 0 N–H and O–H groups in total. The van der Waals surface area contributed by atoms with Gasteiger partial charge in [-0.2, -0.15) is 35.4 Å². The Kier molecular flexibility index (Phi) is 14.2. The normalized spacial score (nSPS) is 9.62. The van der Waals surface area contributed by atoms with Crippen molar-refractivity contribution in [3.8, 4) is 0 Å². The van der Waals surface area contributed by atoms with Crippen LogP contribution in [0.1, 0.15) is 63.5 Å². The van der Waals surface area contributed by atoms with Gasteiger partial charge in [-0.15, -0.1) is 0 Å². The summed E-state index contributed by atoms with van der Waals surface area (Å²) in [5.74, 6) is 0. The third-order valence-electron chi connectivity index (χ3n) is 3.60. The second kappa shape index (κ2) is 14.5. The van der Waals surface area contributed by atoms with Gasteiger partial charge in [-0.1, -0.05) is 65.2 Å². The number of rotatable bonds is 8. The van der Waals surface area contributed by atoms with E-state index in [-0.39, 0.29) is 25.8 Å². The van der Waals surface area contributed by atoms with Crippen LogP contribution in [0.15, 0.2) is 48.5 Å². The summed E-state index contributed by atoms with van der Waals surface area (Å²) in [6.45, 7) is 4.48. The standard InChI is InChI=1S/2C10H15.Hf/c2*1-2-3-4-7-10-8-5-6-9-10;/h2*5-6,8-9H,2-4,7H2,1H3;/q2*-1;. The first-order valence-corrected chi connectivity index (χ1v) is 8.28. The molecule has 0 heterocycles. The van der Waals surface area contributed by atoms with Gasteiger partial charge < -0.3 is 0 Å². The molecule has 0 amide bonds. The minimum atomic E-state index is 0. The fourth-order valence-electron chi connectivity index (χ4n) is 2.32. The predicted molar refractivity (Wildman–Crippen MR) is 90.5 cm³/mol. The van der Waals surface area contributed by atoms with Crippen molar-refractivity contribution in [1.82, 2.24) is 0 Å². The Morgan fingerprint density at radius 1 is 0.571 bits per heavy atom. The first kappa shape index (κ1) is 20.6. The first-order valence-electron chi connectivity index (χ1n) is 8.28. The molecular weight excluding hydrogens is 419 g/mol. The van der Waals surface area contributed by atoms with E-state index in [4.69, 9.17) is 0 Å². The van der Waals surface area contributed by atoms with Crippen molar-refractivity contribution < 1.29 is 25.8 Å². The topological polar surface area (TPSA) is 0 Å². The number of hydrogen-bond donors (Lipinski definition) is 0. The third-order valence-corrected chi connectivity index (χ3v) is 3.60.